The molecular weight excluding hydrogens is 280 g/mol. The number of hydrogen-bond acceptors (Lipinski definition) is 3. The monoisotopic (exact) mass is 292 g/mol. The van der Waals surface area contributed by atoms with Crippen molar-refractivity contribution in [2.45, 2.75) is 13.8 Å². The molecule has 0 unspecified atom stereocenters. The zero-order valence-electron chi connectivity index (χ0n) is 9.99. The quantitative estimate of drug-likeness (QED) is 0.794. The Bertz CT molecular complexity index is 535. The Morgan fingerprint density at radius 1 is 1.12 bits per heavy atom. The van der Waals surface area contributed by atoms with Crippen LogP contribution in [0.15, 0.2) is 28.9 Å². The summed E-state index contributed by atoms with van der Waals surface area (Å²) in [6.45, 7) is 3.93. The van der Waals surface area contributed by atoms with Crippen LogP contribution in [0.4, 0.5) is 0 Å². The van der Waals surface area contributed by atoms with Crippen molar-refractivity contribution in [2.75, 3.05) is 7.11 Å². The summed E-state index contributed by atoms with van der Waals surface area (Å²) in [6.07, 6.45) is 0. The Hall–Kier alpha value is -1.42. The summed E-state index contributed by atoms with van der Waals surface area (Å²) in [6, 6.07) is 7.87. The fourth-order valence-electron chi connectivity index (χ4n) is 1.72. The van der Waals surface area contributed by atoms with Crippen molar-refractivity contribution in [3.05, 3.63) is 40.3 Å². The molecule has 0 bridgehead atoms. The maximum atomic E-state index is 5.19. The highest BCUT2D eigenvalue weighted by Gasteiger charge is 2.06. The summed E-state index contributed by atoms with van der Waals surface area (Å²) in [5, 5.41) is 0. The number of methoxy groups -OCH3 is 1. The molecule has 4 heteroatoms. The molecule has 88 valence electrons. The van der Waals surface area contributed by atoms with E-state index < -0.39 is 0 Å². The molecule has 0 amide bonds. The minimum atomic E-state index is 0.754. The molecule has 0 saturated heterocycles. The molecule has 2 aromatic rings. The van der Waals surface area contributed by atoms with Crippen LogP contribution in [-0.2, 0) is 0 Å². The Labute approximate surface area is 109 Å². The van der Waals surface area contributed by atoms with Crippen molar-refractivity contribution in [3.63, 3.8) is 0 Å². The zero-order chi connectivity index (χ0) is 12.4. The lowest BCUT2D eigenvalue weighted by Gasteiger charge is -2.08. The van der Waals surface area contributed by atoms with Gasteiger partial charge in [0.15, 0.2) is 0 Å². The van der Waals surface area contributed by atoms with E-state index in [0.29, 0.717) is 0 Å². The maximum absolute atomic E-state index is 5.19. The van der Waals surface area contributed by atoms with Gasteiger partial charge in [0.05, 0.1) is 12.8 Å². The molecule has 0 N–H and O–H groups in total. The van der Waals surface area contributed by atoms with E-state index in [9.17, 15) is 0 Å². The average molecular weight is 293 g/mol. The first-order chi connectivity index (χ1) is 8.10. The number of halogens is 1. The van der Waals surface area contributed by atoms with Crippen LogP contribution in [0.1, 0.15) is 11.4 Å². The molecule has 0 atom stereocenters. The zero-order valence-corrected chi connectivity index (χ0v) is 11.6. The standard InChI is InChI=1S/C13H13BrN2O/c1-8-6-10(17-3)4-5-11(8)12-7-13(14)16-9(2)15-12/h4-7H,1-3H3. The molecule has 2 rings (SSSR count). The van der Waals surface area contributed by atoms with Crippen LogP contribution >= 0.6 is 15.9 Å². The van der Waals surface area contributed by atoms with Gasteiger partial charge in [0, 0.05) is 5.56 Å². The van der Waals surface area contributed by atoms with Crippen LogP contribution in [0.5, 0.6) is 5.75 Å². The van der Waals surface area contributed by atoms with E-state index in [2.05, 4.69) is 25.9 Å². The summed E-state index contributed by atoms with van der Waals surface area (Å²) in [5.41, 5.74) is 3.15. The van der Waals surface area contributed by atoms with E-state index in [4.69, 9.17) is 4.74 Å². The van der Waals surface area contributed by atoms with Gasteiger partial charge in [-0.25, -0.2) is 9.97 Å². The van der Waals surface area contributed by atoms with Crippen molar-refractivity contribution in [1.82, 2.24) is 9.97 Å². The minimum Gasteiger partial charge on any atom is -0.497 e. The number of nitrogens with zero attached hydrogens (tertiary/aromatic N) is 2. The summed E-state index contributed by atoms with van der Waals surface area (Å²) in [7, 11) is 1.67. The van der Waals surface area contributed by atoms with Crippen molar-refractivity contribution < 1.29 is 4.74 Å². The van der Waals surface area contributed by atoms with Crippen LogP contribution in [0.25, 0.3) is 11.3 Å². The molecule has 0 fully saturated rings. The molecule has 0 aliphatic heterocycles. The van der Waals surface area contributed by atoms with Gasteiger partial charge in [-0.1, -0.05) is 0 Å². The number of aromatic nitrogens is 2. The van der Waals surface area contributed by atoms with E-state index in [1.807, 2.05) is 38.1 Å². The van der Waals surface area contributed by atoms with Crippen LogP contribution in [0, 0.1) is 13.8 Å². The normalized spacial score (nSPS) is 10.4. The predicted molar refractivity (Wildman–Crippen MR) is 71.2 cm³/mol. The van der Waals surface area contributed by atoms with Crippen LogP contribution < -0.4 is 4.74 Å². The van der Waals surface area contributed by atoms with Gasteiger partial charge in [-0.3, -0.25) is 0 Å². The predicted octanol–water partition coefficient (Wildman–Crippen LogP) is 3.53. The number of benzene rings is 1. The van der Waals surface area contributed by atoms with E-state index in [-0.39, 0.29) is 0 Å². The molecule has 0 radical (unpaired) electrons. The maximum Gasteiger partial charge on any atom is 0.127 e. The number of aryl methyl sites for hydroxylation is 2. The van der Waals surface area contributed by atoms with Gasteiger partial charge in [-0.2, -0.15) is 0 Å². The SMILES string of the molecule is COc1ccc(-c2cc(Br)nc(C)n2)c(C)c1. The van der Waals surface area contributed by atoms with Crippen LogP contribution in [0.3, 0.4) is 0 Å². The third-order valence-electron chi connectivity index (χ3n) is 2.52. The number of ether oxygens (including phenoxy) is 1. The highest BCUT2D eigenvalue weighted by molar-refractivity contribution is 9.10. The number of rotatable bonds is 2. The highest BCUT2D eigenvalue weighted by atomic mass is 79.9. The summed E-state index contributed by atoms with van der Waals surface area (Å²) >= 11 is 3.39. The third kappa shape index (κ3) is 2.64. The molecule has 3 nitrogen and oxygen atoms in total. The first-order valence-corrected chi connectivity index (χ1v) is 6.05. The summed E-state index contributed by atoms with van der Waals surface area (Å²) < 4.78 is 5.99. The van der Waals surface area contributed by atoms with Gasteiger partial charge >= 0.3 is 0 Å². The topological polar surface area (TPSA) is 35.0 Å². The molecule has 17 heavy (non-hydrogen) atoms. The van der Waals surface area contributed by atoms with E-state index in [1.54, 1.807) is 7.11 Å². The van der Waals surface area contributed by atoms with Crippen molar-refractivity contribution in [1.29, 1.82) is 0 Å². The van der Waals surface area contributed by atoms with Gasteiger partial charge in [-0.15, -0.1) is 0 Å². The van der Waals surface area contributed by atoms with E-state index >= 15 is 0 Å². The first-order valence-electron chi connectivity index (χ1n) is 5.26. The number of hydrogen-bond donors (Lipinski definition) is 0. The smallest absolute Gasteiger partial charge is 0.127 e. The minimum absolute atomic E-state index is 0.754. The van der Waals surface area contributed by atoms with Gasteiger partial charge in [-0.05, 0) is 59.6 Å². The summed E-state index contributed by atoms with van der Waals surface area (Å²) in [4.78, 5) is 8.64. The van der Waals surface area contributed by atoms with Gasteiger partial charge in [0.1, 0.15) is 16.2 Å². The molecule has 0 spiro atoms. The Balaban J connectivity index is 2.52. The molecule has 0 aliphatic rings. The fourth-order valence-corrected chi connectivity index (χ4v) is 2.19. The van der Waals surface area contributed by atoms with E-state index in [0.717, 1.165) is 33.0 Å². The lowest BCUT2D eigenvalue weighted by atomic mass is 10.1. The molecule has 0 saturated carbocycles. The van der Waals surface area contributed by atoms with Crippen LogP contribution in [-0.4, -0.2) is 17.1 Å². The molecule has 0 aliphatic carbocycles. The van der Waals surface area contributed by atoms with Crippen molar-refractivity contribution in [2.24, 2.45) is 0 Å². The van der Waals surface area contributed by atoms with Gasteiger partial charge in [0.25, 0.3) is 0 Å². The Morgan fingerprint density at radius 3 is 2.47 bits per heavy atom. The van der Waals surface area contributed by atoms with Crippen molar-refractivity contribution >= 4 is 15.9 Å². The van der Waals surface area contributed by atoms with Gasteiger partial charge < -0.3 is 4.74 Å². The first kappa shape index (κ1) is 12.0. The van der Waals surface area contributed by atoms with Crippen molar-refractivity contribution in [3.8, 4) is 17.0 Å². The highest BCUT2D eigenvalue weighted by Crippen LogP contribution is 2.26. The molecular formula is C13H13BrN2O. The lowest BCUT2D eigenvalue weighted by Crippen LogP contribution is -1.94. The Kier molecular flexibility index (Phi) is 3.43. The van der Waals surface area contributed by atoms with Crippen LogP contribution in [0.2, 0.25) is 0 Å². The Morgan fingerprint density at radius 2 is 1.88 bits per heavy atom. The van der Waals surface area contributed by atoms with E-state index in [1.165, 1.54) is 0 Å². The average Bonchev–Trinajstić information content (AvgIpc) is 2.27. The third-order valence-corrected chi connectivity index (χ3v) is 2.92. The second-order valence-corrected chi connectivity index (χ2v) is 4.62. The lowest BCUT2D eigenvalue weighted by molar-refractivity contribution is 0.414. The second kappa shape index (κ2) is 4.84. The largest absolute Gasteiger partial charge is 0.497 e. The molecule has 1 heterocycles. The molecule has 1 aromatic heterocycles. The summed E-state index contributed by atoms with van der Waals surface area (Å²) in [5.74, 6) is 1.61. The molecule has 1 aromatic carbocycles. The van der Waals surface area contributed by atoms with Gasteiger partial charge in [0.2, 0.25) is 0 Å². The fraction of sp³-hybridized carbons (Fsp3) is 0.231. The second-order valence-electron chi connectivity index (χ2n) is 3.80.